The molecule has 2 heterocycles. The summed E-state index contributed by atoms with van der Waals surface area (Å²) < 4.78 is 4.86. The largest absolute Gasteiger partial charge is 0.439 e. The van der Waals surface area contributed by atoms with Gasteiger partial charge in [-0.1, -0.05) is 80.2 Å². The fourth-order valence-electron chi connectivity index (χ4n) is 5.75. The van der Waals surface area contributed by atoms with Crippen molar-refractivity contribution >= 4 is 5.84 Å². The smallest absolute Gasteiger partial charge is 0.356 e. The van der Waals surface area contributed by atoms with Gasteiger partial charge < -0.3 is 4.90 Å². The highest BCUT2D eigenvalue weighted by Crippen LogP contribution is 2.33. The molecule has 1 N–H and O–H groups in total. The Hall–Kier alpha value is -3.41. The molecule has 37 heavy (non-hydrogen) atoms. The Kier molecular flexibility index (Phi) is 8.02. The Morgan fingerprint density at radius 3 is 2.59 bits per heavy atom. The van der Waals surface area contributed by atoms with E-state index in [0.717, 1.165) is 61.4 Å². The van der Waals surface area contributed by atoms with E-state index in [4.69, 9.17) is 9.52 Å². The second-order valence-corrected chi connectivity index (χ2v) is 10.6. The van der Waals surface area contributed by atoms with Crippen molar-refractivity contribution in [3.8, 4) is 22.5 Å². The van der Waals surface area contributed by atoms with E-state index in [1.807, 2.05) is 18.2 Å². The number of amidine groups is 1. The first kappa shape index (κ1) is 25.2. The molecule has 1 aliphatic carbocycles. The van der Waals surface area contributed by atoms with Gasteiger partial charge in [-0.15, -0.1) is 0 Å². The van der Waals surface area contributed by atoms with Crippen molar-refractivity contribution in [3.05, 3.63) is 75.9 Å². The van der Waals surface area contributed by atoms with E-state index in [9.17, 15) is 4.79 Å². The van der Waals surface area contributed by atoms with Crippen LogP contribution in [0.4, 0.5) is 0 Å². The molecule has 194 valence electrons. The fraction of sp³-hybridized carbons (Fsp3) is 0.452. The number of allylic oxidation sites excluding steroid dienone is 1. The molecule has 2 aliphatic rings. The Balaban J connectivity index is 1.46. The zero-order valence-electron chi connectivity index (χ0n) is 22.1. The third-order valence-electron chi connectivity index (χ3n) is 7.80. The predicted octanol–water partition coefficient (Wildman–Crippen LogP) is 7.00. The minimum absolute atomic E-state index is 0.460. The summed E-state index contributed by atoms with van der Waals surface area (Å²) >= 11 is 0. The first-order chi connectivity index (χ1) is 18.1. The van der Waals surface area contributed by atoms with E-state index in [1.54, 1.807) is 0 Å². The van der Waals surface area contributed by atoms with E-state index in [2.05, 4.69) is 59.2 Å². The molecule has 0 radical (unpaired) electrons. The first-order valence-corrected chi connectivity index (χ1v) is 13.9. The summed E-state index contributed by atoms with van der Waals surface area (Å²) in [5.74, 6) is 1.86. The molecule has 3 aromatic rings. The molecule has 6 nitrogen and oxygen atoms in total. The Morgan fingerprint density at radius 1 is 1.05 bits per heavy atom. The molecule has 0 amide bonds. The average Bonchev–Trinajstić information content (AvgIpc) is 3.36. The molecule has 0 saturated heterocycles. The number of aromatic nitrogens is 2. The number of hydrogen-bond acceptors (Lipinski definition) is 5. The molecule has 1 aromatic heterocycles. The van der Waals surface area contributed by atoms with Crippen molar-refractivity contribution in [2.24, 2.45) is 10.9 Å². The molecule has 2 aromatic carbocycles. The molecule has 0 atom stereocenters. The highest BCUT2D eigenvalue weighted by molar-refractivity contribution is 5.83. The van der Waals surface area contributed by atoms with Gasteiger partial charge in [0.2, 0.25) is 0 Å². The number of nitrogens with one attached hydrogen (secondary N) is 1. The van der Waals surface area contributed by atoms with Crippen molar-refractivity contribution in [1.82, 2.24) is 15.0 Å². The van der Waals surface area contributed by atoms with E-state index < -0.39 is 5.76 Å². The van der Waals surface area contributed by atoms with Crippen molar-refractivity contribution in [3.63, 3.8) is 0 Å². The lowest BCUT2D eigenvalue weighted by atomic mass is 9.88. The summed E-state index contributed by atoms with van der Waals surface area (Å²) in [4.78, 5) is 22.2. The zero-order valence-corrected chi connectivity index (χ0v) is 22.1. The van der Waals surface area contributed by atoms with Crippen LogP contribution in [0.3, 0.4) is 0 Å². The number of aliphatic imine (C=N–C) groups is 1. The summed E-state index contributed by atoms with van der Waals surface area (Å²) in [6.45, 7) is 6.47. The lowest BCUT2D eigenvalue weighted by Gasteiger charge is -2.35. The molecule has 1 aliphatic heterocycles. The predicted molar refractivity (Wildman–Crippen MR) is 150 cm³/mol. The van der Waals surface area contributed by atoms with Crippen LogP contribution in [0, 0.1) is 5.92 Å². The third-order valence-corrected chi connectivity index (χ3v) is 7.80. The second-order valence-electron chi connectivity index (χ2n) is 10.6. The monoisotopic (exact) mass is 498 g/mol. The summed E-state index contributed by atoms with van der Waals surface area (Å²) in [5, 5.41) is 4.02. The highest BCUT2D eigenvalue weighted by Gasteiger charge is 2.24. The van der Waals surface area contributed by atoms with Crippen LogP contribution in [-0.2, 0) is 6.42 Å². The maximum atomic E-state index is 11.8. The zero-order chi connectivity index (χ0) is 25.6. The number of nitrogens with zero attached hydrogens (tertiary/aromatic N) is 3. The topological polar surface area (TPSA) is 74.5 Å². The number of rotatable bonds is 9. The van der Waals surface area contributed by atoms with Gasteiger partial charge in [0.1, 0.15) is 5.84 Å². The molecule has 0 unspecified atom stereocenters. The molecule has 5 rings (SSSR count). The maximum Gasteiger partial charge on any atom is 0.439 e. The summed E-state index contributed by atoms with van der Waals surface area (Å²) in [5.41, 5.74) is 6.82. The van der Waals surface area contributed by atoms with Gasteiger partial charge in [-0.05, 0) is 73.3 Å². The summed E-state index contributed by atoms with van der Waals surface area (Å²) in [6, 6.07) is 16.7. The van der Waals surface area contributed by atoms with Crippen LogP contribution >= 0.6 is 0 Å². The van der Waals surface area contributed by atoms with Crippen LogP contribution in [0.1, 0.15) is 70.8 Å². The molecule has 1 saturated carbocycles. The van der Waals surface area contributed by atoms with E-state index >= 15 is 0 Å². The van der Waals surface area contributed by atoms with Gasteiger partial charge in [0.15, 0.2) is 5.82 Å². The van der Waals surface area contributed by atoms with Crippen molar-refractivity contribution in [2.45, 2.75) is 71.6 Å². The van der Waals surface area contributed by atoms with Gasteiger partial charge in [-0.25, -0.2) is 9.79 Å². The van der Waals surface area contributed by atoms with Crippen molar-refractivity contribution in [2.75, 3.05) is 13.1 Å². The van der Waals surface area contributed by atoms with Gasteiger partial charge in [0, 0.05) is 24.4 Å². The lowest BCUT2D eigenvalue weighted by Crippen LogP contribution is -2.38. The Morgan fingerprint density at radius 2 is 1.86 bits per heavy atom. The normalized spacial score (nSPS) is 16.8. The Labute approximate surface area is 219 Å². The molecule has 6 heteroatoms. The van der Waals surface area contributed by atoms with Crippen LogP contribution in [0.2, 0.25) is 0 Å². The number of H-pyrrole nitrogens is 1. The lowest BCUT2D eigenvalue weighted by molar-refractivity contribution is 0.278. The molecular formula is C31H38N4O2. The van der Waals surface area contributed by atoms with Crippen LogP contribution in [-0.4, -0.2) is 34.0 Å². The molecule has 0 spiro atoms. The molecule has 1 fully saturated rings. The standard InChI is InChI=1S/C31H38N4O2/c1-3-4-15-29-26(21-35(22(2)32-29)20-23-11-7-5-8-12-23)18-24-16-17-27(25-13-9-6-10-14-25)28(19-24)30-33-31(36)37-34-30/h6,9-10,13-14,16-17,19,23H,3-5,7-8,11-12,15,18,20-21H2,1-2H3,(H,33,34,36). The highest BCUT2D eigenvalue weighted by atomic mass is 16.5. The van der Waals surface area contributed by atoms with Crippen LogP contribution in [0.15, 0.2) is 74.1 Å². The minimum Gasteiger partial charge on any atom is -0.356 e. The van der Waals surface area contributed by atoms with Gasteiger partial charge in [-0.2, -0.15) is 0 Å². The molecular weight excluding hydrogens is 460 g/mol. The number of unbranched alkanes of at least 4 members (excludes halogenated alkanes) is 1. The summed E-state index contributed by atoms with van der Waals surface area (Å²) in [6.07, 6.45) is 10.9. The van der Waals surface area contributed by atoms with Gasteiger partial charge in [0.25, 0.3) is 0 Å². The summed E-state index contributed by atoms with van der Waals surface area (Å²) in [7, 11) is 0. The van der Waals surface area contributed by atoms with Gasteiger partial charge in [0.05, 0.1) is 0 Å². The van der Waals surface area contributed by atoms with Crippen LogP contribution < -0.4 is 5.76 Å². The third kappa shape index (κ3) is 6.12. The second kappa shape index (κ2) is 11.8. The van der Waals surface area contributed by atoms with Crippen LogP contribution in [0.25, 0.3) is 22.5 Å². The first-order valence-electron chi connectivity index (χ1n) is 13.9. The maximum absolute atomic E-state index is 11.8. The minimum atomic E-state index is -0.542. The number of hydrogen-bond donors (Lipinski definition) is 1. The molecule has 0 bridgehead atoms. The number of aromatic amines is 1. The van der Waals surface area contributed by atoms with Crippen molar-refractivity contribution in [1.29, 1.82) is 0 Å². The van der Waals surface area contributed by atoms with Gasteiger partial charge in [-0.3, -0.25) is 9.51 Å². The quantitative estimate of drug-likeness (QED) is 0.345. The number of benzene rings is 2. The van der Waals surface area contributed by atoms with Crippen molar-refractivity contribution < 1.29 is 4.52 Å². The van der Waals surface area contributed by atoms with E-state index in [-0.39, 0.29) is 0 Å². The SMILES string of the molecule is CCCCC1=C(Cc2ccc(-c3ccccc3)c(-c3noc(=O)[nH]3)c2)CN(CC2CCCCC2)C(C)=N1. The van der Waals surface area contributed by atoms with Crippen LogP contribution in [0.5, 0.6) is 0 Å². The van der Waals surface area contributed by atoms with E-state index in [1.165, 1.54) is 54.8 Å². The van der Waals surface area contributed by atoms with E-state index in [0.29, 0.717) is 5.82 Å². The average molecular weight is 499 g/mol. The fourth-order valence-corrected chi connectivity index (χ4v) is 5.75. The Bertz CT molecular complexity index is 1310. The van der Waals surface area contributed by atoms with Gasteiger partial charge >= 0.3 is 5.76 Å².